The van der Waals surface area contributed by atoms with Gasteiger partial charge < -0.3 is 23.0 Å². The van der Waals surface area contributed by atoms with Gasteiger partial charge in [0.25, 0.3) is 0 Å². The summed E-state index contributed by atoms with van der Waals surface area (Å²) in [5, 5.41) is 7.83. The number of aryl methyl sites for hydroxylation is 1. The van der Waals surface area contributed by atoms with Crippen molar-refractivity contribution < 1.29 is 27.8 Å². The third kappa shape index (κ3) is 4.29. The van der Waals surface area contributed by atoms with Gasteiger partial charge in [0.2, 0.25) is 17.6 Å². The van der Waals surface area contributed by atoms with Gasteiger partial charge in [-0.25, -0.2) is 0 Å². The summed E-state index contributed by atoms with van der Waals surface area (Å²) in [6, 6.07) is 13.9. The van der Waals surface area contributed by atoms with Crippen LogP contribution in [0.1, 0.15) is 33.7 Å². The zero-order chi connectivity index (χ0) is 24.2. The Hall–Kier alpha value is -4.35. The van der Waals surface area contributed by atoms with E-state index in [-0.39, 0.29) is 11.5 Å². The second-order valence-corrected chi connectivity index (χ2v) is 7.29. The molecule has 4 aromatic rings. The van der Waals surface area contributed by atoms with Crippen LogP contribution in [0.15, 0.2) is 57.4 Å². The van der Waals surface area contributed by atoms with Crippen molar-refractivity contribution >= 4 is 5.78 Å². The number of benzene rings is 2. The first kappa shape index (κ1) is 22.8. The fraction of sp³-hybridized carbons (Fsp3) is 0.192. The largest absolute Gasteiger partial charge is 0.495 e. The van der Waals surface area contributed by atoms with Crippen molar-refractivity contribution in [1.82, 2.24) is 10.2 Å². The Balaban J connectivity index is 1.60. The molecule has 1 unspecified atom stereocenters. The first-order valence-electron chi connectivity index (χ1n) is 10.3. The second kappa shape index (κ2) is 9.65. The highest BCUT2D eigenvalue weighted by Gasteiger charge is 2.25. The molecular weight excluding hydrogens is 436 g/mol. The predicted octanol–water partition coefficient (Wildman–Crippen LogP) is 4.87. The highest BCUT2D eigenvalue weighted by Crippen LogP contribution is 2.36. The molecule has 0 aliphatic heterocycles. The third-order valence-electron chi connectivity index (χ3n) is 5.24. The smallest absolute Gasteiger partial charge is 0.247 e. The lowest BCUT2D eigenvalue weighted by atomic mass is 10.0. The number of carbonyl (C=O) groups excluding carboxylic acids is 1. The molecule has 2 aromatic carbocycles. The quantitative estimate of drug-likeness (QED) is 0.272. The molecule has 2 aromatic heterocycles. The maximum Gasteiger partial charge on any atom is 0.247 e. The summed E-state index contributed by atoms with van der Waals surface area (Å²) in [7, 11) is 4.51. The van der Waals surface area contributed by atoms with Crippen LogP contribution in [0.2, 0.25) is 0 Å². The zero-order valence-corrected chi connectivity index (χ0v) is 19.1. The number of ketones is 1. The Kier molecular flexibility index (Phi) is 6.48. The summed E-state index contributed by atoms with van der Waals surface area (Å²) in [4.78, 5) is 13.2. The molecule has 0 aliphatic carbocycles. The SMILES string of the molecule is C#Cc1c(OC)cc(-c2ccc(C(=O)C(OC)c3ccc(-c4nnc(C)o4)cc3)o2)cc1OC. The summed E-state index contributed by atoms with van der Waals surface area (Å²) in [6.07, 6.45) is 4.72. The van der Waals surface area contributed by atoms with Crippen LogP contribution in [0.4, 0.5) is 0 Å². The lowest BCUT2D eigenvalue weighted by Gasteiger charge is -2.13. The molecule has 0 radical (unpaired) electrons. The molecule has 4 rings (SSSR count). The highest BCUT2D eigenvalue weighted by atomic mass is 16.5. The van der Waals surface area contributed by atoms with Crippen molar-refractivity contribution in [3.63, 3.8) is 0 Å². The summed E-state index contributed by atoms with van der Waals surface area (Å²) in [6.45, 7) is 1.72. The van der Waals surface area contributed by atoms with Gasteiger partial charge in [-0.1, -0.05) is 18.1 Å². The van der Waals surface area contributed by atoms with E-state index in [2.05, 4.69) is 16.1 Å². The first-order valence-corrected chi connectivity index (χ1v) is 10.3. The molecule has 0 amide bonds. The van der Waals surface area contributed by atoms with Gasteiger partial charge in [-0.05, 0) is 42.0 Å². The highest BCUT2D eigenvalue weighted by molar-refractivity contribution is 5.98. The molecule has 0 N–H and O–H groups in total. The Morgan fingerprint density at radius 1 is 0.941 bits per heavy atom. The molecule has 1 atom stereocenters. The molecule has 0 spiro atoms. The number of methoxy groups -OCH3 is 3. The van der Waals surface area contributed by atoms with Crippen LogP contribution in [0.25, 0.3) is 22.8 Å². The maximum atomic E-state index is 13.2. The zero-order valence-electron chi connectivity index (χ0n) is 19.1. The van der Waals surface area contributed by atoms with E-state index in [1.165, 1.54) is 21.3 Å². The Morgan fingerprint density at radius 2 is 1.62 bits per heavy atom. The van der Waals surface area contributed by atoms with E-state index in [1.807, 2.05) is 0 Å². The first-order chi connectivity index (χ1) is 16.5. The summed E-state index contributed by atoms with van der Waals surface area (Å²) < 4.78 is 27.6. The van der Waals surface area contributed by atoms with Crippen molar-refractivity contribution in [1.29, 1.82) is 0 Å². The number of aromatic nitrogens is 2. The van der Waals surface area contributed by atoms with Crippen molar-refractivity contribution in [2.24, 2.45) is 0 Å². The van der Waals surface area contributed by atoms with Crippen molar-refractivity contribution in [2.75, 3.05) is 21.3 Å². The van der Waals surface area contributed by atoms with E-state index in [0.717, 1.165) is 5.56 Å². The van der Waals surface area contributed by atoms with Crippen LogP contribution >= 0.6 is 0 Å². The standard InChI is InChI=1S/C26H22N2O6/c1-6-19-22(30-3)13-18(14-23(19)31-4)20-11-12-21(34-20)24(29)25(32-5)16-7-9-17(10-8-16)26-28-27-15(2)33-26/h1,7-14,25H,2-5H3. The van der Waals surface area contributed by atoms with Crippen molar-refractivity contribution in [2.45, 2.75) is 13.0 Å². The topological polar surface area (TPSA) is 96.8 Å². The molecule has 8 nitrogen and oxygen atoms in total. The molecular formula is C26H22N2O6. The minimum absolute atomic E-state index is 0.150. The molecule has 0 saturated heterocycles. The number of ether oxygens (including phenoxy) is 3. The van der Waals surface area contributed by atoms with Gasteiger partial charge in [0, 0.05) is 25.2 Å². The van der Waals surface area contributed by atoms with Gasteiger partial charge >= 0.3 is 0 Å². The van der Waals surface area contributed by atoms with Crippen LogP contribution in [0.5, 0.6) is 11.5 Å². The third-order valence-corrected chi connectivity index (χ3v) is 5.24. The van der Waals surface area contributed by atoms with E-state index in [4.69, 9.17) is 29.5 Å². The number of hydrogen-bond donors (Lipinski definition) is 0. The van der Waals surface area contributed by atoms with E-state index in [1.54, 1.807) is 55.5 Å². The summed E-state index contributed by atoms with van der Waals surface area (Å²) in [5.74, 6) is 4.65. The van der Waals surface area contributed by atoms with Crippen LogP contribution in [0.3, 0.4) is 0 Å². The molecule has 2 heterocycles. The van der Waals surface area contributed by atoms with Gasteiger partial charge in [0.15, 0.2) is 5.76 Å². The van der Waals surface area contributed by atoms with E-state index in [0.29, 0.717) is 45.7 Å². The average molecular weight is 458 g/mol. The molecule has 8 heteroatoms. The fourth-order valence-corrected chi connectivity index (χ4v) is 3.56. The number of terminal acetylenes is 1. The van der Waals surface area contributed by atoms with E-state index in [9.17, 15) is 4.79 Å². The minimum atomic E-state index is -0.856. The molecule has 0 aliphatic rings. The summed E-state index contributed by atoms with van der Waals surface area (Å²) in [5.41, 5.74) is 2.55. The van der Waals surface area contributed by atoms with Crippen LogP contribution < -0.4 is 9.47 Å². The number of nitrogens with zero attached hydrogens (tertiary/aromatic N) is 2. The molecule has 172 valence electrons. The molecule has 0 saturated carbocycles. The Labute approximate surface area is 196 Å². The number of hydrogen-bond acceptors (Lipinski definition) is 8. The Bertz CT molecular complexity index is 1340. The van der Waals surface area contributed by atoms with Crippen LogP contribution in [0, 0.1) is 19.3 Å². The molecule has 0 fully saturated rings. The van der Waals surface area contributed by atoms with Crippen molar-refractivity contribution in [3.05, 3.63) is 71.3 Å². The number of furan rings is 1. The maximum absolute atomic E-state index is 13.2. The number of rotatable bonds is 8. The normalized spacial score (nSPS) is 11.6. The van der Waals surface area contributed by atoms with Gasteiger partial charge in [-0.3, -0.25) is 4.79 Å². The van der Waals surface area contributed by atoms with E-state index >= 15 is 0 Å². The van der Waals surface area contributed by atoms with Gasteiger partial charge in [0.05, 0.1) is 14.2 Å². The van der Waals surface area contributed by atoms with Gasteiger partial charge in [-0.15, -0.1) is 16.6 Å². The predicted molar refractivity (Wildman–Crippen MR) is 124 cm³/mol. The minimum Gasteiger partial charge on any atom is -0.495 e. The monoisotopic (exact) mass is 458 g/mol. The second-order valence-electron chi connectivity index (χ2n) is 7.29. The lowest BCUT2D eigenvalue weighted by Crippen LogP contribution is -2.14. The number of Topliss-reactive ketones (excluding diaryl/α,β-unsaturated/α-hetero) is 1. The average Bonchev–Trinajstić information content (AvgIpc) is 3.53. The Morgan fingerprint density at radius 3 is 2.15 bits per heavy atom. The number of carbonyl (C=O) groups is 1. The van der Waals surface area contributed by atoms with Crippen LogP contribution in [-0.4, -0.2) is 37.3 Å². The molecule has 34 heavy (non-hydrogen) atoms. The molecule has 0 bridgehead atoms. The van der Waals surface area contributed by atoms with Crippen molar-refractivity contribution in [3.8, 4) is 46.6 Å². The van der Waals surface area contributed by atoms with Gasteiger partial charge in [0.1, 0.15) is 28.9 Å². The summed E-state index contributed by atoms with van der Waals surface area (Å²) >= 11 is 0. The fourth-order valence-electron chi connectivity index (χ4n) is 3.56. The van der Waals surface area contributed by atoms with E-state index < -0.39 is 6.10 Å². The van der Waals surface area contributed by atoms with Gasteiger partial charge in [-0.2, -0.15) is 0 Å². The van der Waals surface area contributed by atoms with Crippen LogP contribution in [-0.2, 0) is 4.74 Å². The lowest BCUT2D eigenvalue weighted by molar-refractivity contribution is 0.0577.